The fraction of sp³-hybridized carbons (Fsp3) is 0.500. The zero-order chi connectivity index (χ0) is 12.7. The van der Waals surface area contributed by atoms with Gasteiger partial charge < -0.3 is 5.11 Å². The second-order valence-electron chi connectivity index (χ2n) is 4.62. The van der Waals surface area contributed by atoms with Crippen molar-refractivity contribution in [3.8, 4) is 5.75 Å². The van der Waals surface area contributed by atoms with E-state index in [9.17, 15) is 5.11 Å². The Morgan fingerprint density at radius 2 is 2.00 bits per heavy atom. The van der Waals surface area contributed by atoms with Gasteiger partial charge in [-0.25, -0.2) is 0 Å². The number of phenols is 1. The van der Waals surface area contributed by atoms with E-state index in [4.69, 9.17) is 0 Å². The molecule has 0 saturated carbocycles. The van der Waals surface area contributed by atoms with Crippen molar-refractivity contribution < 1.29 is 5.11 Å². The van der Waals surface area contributed by atoms with Gasteiger partial charge in [0.2, 0.25) is 0 Å². The molecule has 0 aliphatic rings. The zero-order valence-electron chi connectivity index (χ0n) is 11.3. The third kappa shape index (κ3) is 4.26. The zero-order valence-corrected chi connectivity index (χ0v) is 11.3. The Balaban J connectivity index is 2.95. The highest BCUT2D eigenvalue weighted by Gasteiger charge is 2.05. The van der Waals surface area contributed by atoms with Crippen molar-refractivity contribution in [2.75, 3.05) is 0 Å². The van der Waals surface area contributed by atoms with Crippen molar-refractivity contribution in [1.82, 2.24) is 0 Å². The van der Waals surface area contributed by atoms with Gasteiger partial charge in [0, 0.05) is 0 Å². The first-order chi connectivity index (χ1) is 8.19. The summed E-state index contributed by atoms with van der Waals surface area (Å²) in [6, 6.07) is 5.68. The van der Waals surface area contributed by atoms with Crippen molar-refractivity contribution in [2.45, 2.75) is 52.9 Å². The first-order valence-corrected chi connectivity index (χ1v) is 6.68. The summed E-state index contributed by atoms with van der Waals surface area (Å²) in [5, 5.41) is 9.45. The quantitative estimate of drug-likeness (QED) is 0.725. The molecule has 1 nitrogen and oxygen atoms in total. The second-order valence-corrected chi connectivity index (χ2v) is 4.62. The lowest BCUT2D eigenvalue weighted by atomic mass is 9.95. The largest absolute Gasteiger partial charge is 0.508 e. The van der Waals surface area contributed by atoms with Crippen LogP contribution in [-0.4, -0.2) is 5.11 Å². The molecule has 0 aliphatic carbocycles. The summed E-state index contributed by atoms with van der Waals surface area (Å²) in [6.45, 7) is 6.50. The Morgan fingerprint density at radius 3 is 2.59 bits per heavy atom. The number of phenolic OH excluding ortho intramolecular Hbond substituents is 1. The average molecular weight is 232 g/mol. The van der Waals surface area contributed by atoms with Gasteiger partial charge in [-0.05, 0) is 55.0 Å². The molecular weight excluding hydrogens is 208 g/mol. The second kappa shape index (κ2) is 7.16. The molecule has 0 aliphatic heterocycles. The monoisotopic (exact) mass is 232 g/mol. The van der Waals surface area contributed by atoms with Gasteiger partial charge in [-0.2, -0.15) is 0 Å². The summed E-state index contributed by atoms with van der Waals surface area (Å²) in [5.74, 6) is 0.358. The van der Waals surface area contributed by atoms with E-state index in [2.05, 4.69) is 26.8 Å². The summed E-state index contributed by atoms with van der Waals surface area (Å²) in [6.07, 6.45) is 8.28. The summed E-state index contributed by atoms with van der Waals surface area (Å²) in [5.41, 5.74) is 3.90. The van der Waals surface area contributed by atoms with Crippen LogP contribution in [0.25, 0.3) is 5.57 Å². The van der Waals surface area contributed by atoms with E-state index in [1.165, 1.54) is 36.0 Å². The van der Waals surface area contributed by atoms with Gasteiger partial charge in [-0.15, -0.1) is 0 Å². The number of benzene rings is 1. The van der Waals surface area contributed by atoms with Crippen LogP contribution < -0.4 is 0 Å². The van der Waals surface area contributed by atoms with E-state index in [1.807, 2.05) is 12.1 Å². The van der Waals surface area contributed by atoms with Gasteiger partial charge >= 0.3 is 0 Å². The Labute approximate surface area is 105 Å². The predicted molar refractivity (Wildman–Crippen MR) is 75.3 cm³/mol. The van der Waals surface area contributed by atoms with Crippen molar-refractivity contribution in [2.24, 2.45) is 0 Å². The maximum Gasteiger partial charge on any atom is 0.115 e. The average Bonchev–Trinajstić information content (AvgIpc) is 2.30. The molecule has 0 atom stereocenters. The van der Waals surface area contributed by atoms with Crippen LogP contribution in [0.15, 0.2) is 24.3 Å². The summed E-state index contributed by atoms with van der Waals surface area (Å²) in [7, 11) is 0. The van der Waals surface area contributed by atoms with Crippen molar-refractivity contribution in [3.63, 3.8) is 0 Å². The maximum absolute atomic E-state index is 9.45. The van der Waals surface area contributed by atoms with Gasteiger partial charge in [0.1, 0.15) is 5.75 Å². The third-order valence-corrected chi connectivity index (χ3v) is 3.04. The Bertz CT molecular complexity index is 377. The van der Waals surface area contributed by atoms with E-state index in [-0.39, 0.29) is 0 Å². The summed E-state index contributed by atoms with van der Waals surface area (Å²) in [4.78, 5) is 0. The van der Waals surface area contributed by atoms with Crippen LogP contribution in [0.4, 0.5) is 0 Å². The lowest BCUT2D eigenvalue weighted by Crippen LogP contribution is -1.90. The highest BCUT2D eigenvalue weighted by molar-refractivity contribution is 5.68. The number of rotatable bonds is 6. The van der Waals surface area contributed by atoms with Crippen molar-refractivity contribution >= 4 is 5.57 Å². The van der Waals surface area contributed by atoms with E-state index in [1.54, 1.807) is 6.07 Å². The molecule has 1 rings (SSSR count). The number of hydrogen-bond acceptors (Lipinski definition) is 1. The molecule has 0 aromatic heterocycles. The molecule has 0 unspecified atom stereocenters. The highest BCUT2D eigenvalue weighted by atomic mass is 16.3. The molecular formula is C16H24O. The first kappa shape index (κ1) is 13.8. The predicted octanol–water partition coefficient (Wildman–Crippen LogP) is 5.07. The maximum atomic E-state index is 9.45. The van der Waals surface area contributed by atoms with E-state index < -0.39 is 0 Å². The van der Waals surface area contributed by atoms with Crippen molar-refractivity contribution in [1.29, 1.82) is 0 Å². The summed E-state index contributed by atoms with van der Waals surface area (Å²) >= 11 is 0. The SMILES string of the molecule is CCC/C=C(/CCCC)c1ccc(O)cc1C. The number of allylic oxidation sites excluding steroid dienone is 2. The Hall–Kier alpha value is -1.24. The van der Waals surface area contributed by atoms with E-state index in [0.717, 1.165) is 12.8 Å². The minimum atomic E-state index is 0.358. The lowest BCUT2D eigenvalue weighted by Gasteiger charge is -2.11. The standard InChI is InChI=1S/C16H24O/c1-4-6-8-14(9-7-5-2)16-11-10-15(17)12-13(16)3/h8,10-12,17H,4-7,9H2,1-3H3/b14-8-. The first-order valence-electron chi connectivity index (χ1n) is 6.68. The molecule has 0 saturated heterocycles. The minimum absolute atomic E-state index is 0.358. The van der Waals surface area contributed by atoms with Gasteiger partial charge in [0.25, 0.3) is 0 Å². The Kier molecular flexibility index (Phi) is 5.82. The van der Waals surface area contributed by atoms with Crippen LogP contribution >= 0.6 is 0 Å². The summed E-state index contributed by atoms with van der Waals surface area (Å²) < 4.78 is 0. The highest BCUT2D eigenvalue weighted by Crippen LogP contribution is 2.27. The number of aromatic hydroxyl groups is 1. The molecule has 1 heteroatoms. The number of hydrogen-bond donors (Lipinski definition) is 1. The third-order valence-electron chi connectivity index (χ3n) is 3.04. The molecule has 0 fully saturated rings. The molecule has 0 spiro atoms. The molecule has 0 bridgehead atoms. The van der Waals surface area contributed by atoms with Crippen LogP contribution in [0.5, 0.6) is 5.75 Å². The van der Waals surface area contributed by atoms with Crippen LogP contribution in [-0.2, 0) is 0 Å². The smallest absolute Gasteiger partial charge is 0.115 e. The number of aryl methyl sites for hydroxylation is 1. The molecule has 1 N–H and O–H groups in total. The van der Waals surface area contributed by atoms with E-state index >= 15 is 0 Å². The van der Waals surface area contributed by atoms with Crippen LogP contribution in [0.3, 0.4) is 0 Å². The van der Waals surface area contributed by atoms with Crippen molar-refractivity contribution in [3.05, 3.63) is 35.4 Å². The Morgan fingerprint density at radius 1 is 1.24 bits per heavy atom. The molecule has 0 radical (unpaired) electrons. The topological polar surface area (TPSA) is 20.2 Å². The fourth-order valence-corrected chi connectivity index (χ4v) is 2.04. The molecule has 0 amide bonds. The fourth-order valence-electron chi connectivity index (χ4n) is 2.04. The normalized spacial score (nSPS) is 11.8. The number of unbranched alkanes of at least 4 members (excludes halogenated alkanes) is 2. The lowest BCUT2D eigenvalue weighted by molar-refractivity contribution is 0.475. The van der Waals surface area contributed by atoms with Crippen LogP contribution in [0, 0.1) is 6.92 Å². The molecule has 94 valence electrons. The molecule has 0 heterocycles. The van der Waals surface area contributed by atoms with E-state index in [0.29, 0.717) is 5.75 Å². The molecule has 1 aromatic rings. The van der Waals surface area contributed by atoms with Gasteiger partial charge in [-0.1, -0.05) is 38.8 Å². The molecule has 17 heavy (non-hydrogen) atoms. The minimum Gasteiger partial charge on any atom is -0.508 e. The van der Waals surface area contributed by atoms with Gasteiger partial charge in [0.05, 0.1) is 0 Å². The molecule has 1 aromatic carbocycles. The van der Waals surface area contributed by atoms with Gasteiger partial charge in [-0.3, -0.25) is 0 Å². The van der Waals surface area contributed by atoms with Crippen LogP contribution in [0.1, 0.15) is 57.1 Å². The van der Waals surface area contributed by atoms with Gasteiger partial charge in [0.15, 0.2) is 0 Å². The van der Waals surface area contributed by atoms with Crippen LogP contribution in [0.2, 0.25) is 0 Å².